The molecule has 1 N–H and O–H groups in total. The van der Waals surface area contributed by atoms with E-state index in [-0.39, 0.29) is 12.1 Å². The number of carbonyl (C=O) groups excluding carboxylic acids is 1. The molecule has 7 heteroatoms. The third kappa shape index (κ3) is 4.09. The third-order valence-electron chi connectivity index (χ3n) is 4.25. The minimum atomic E-state index is -3.16. The van der Waals surface area contributed by atoms with Crippen LogP contribution in [0.2, 0.25) is 0 Å². The van der Waals surface area contributed by atoms with E-state index in [1.165, 1.54) is 10.6 Å². The Kier molecular flexibility index (Phi) is 4.90. The fourth-order valence-electron chi connectivity index (χ4n) is 2.84. The van der Waals surface area contributed by atoms with E-state index in [4.69, 9.17) is 0 Å². The molecule has 2 heterocycles. The van der Waals surface area contributed by atoms with E-state index in [9.17, 15) is 13.2 Å². The highest BCUT2D eigenvalue weighted by Crippen LogP contribution is 2.17. The minimum absolute atomic E-state index is 0.0442. The van der Waals surface area contributed by atoms with Gasteiger partial charge in [0.1, 0.15) is 0 Å². The minimum Gasteiger partial charge on any atom is -0.334 e. The summed E-state index contributed by atoms with van der Waals surface area (Å²) in [6.07, 6.45) is 4.97. The second kappa shape index (κ2) is 6.30. The van der Waals surface area contributed by atoms with Gasteiger partial charge in [-0.15, -0.1) is 0 Å². The molecule has 2 fully saturated rings. The van der Waals surface area contributed by atoms with Crippen LogP contribution in [-0.4, -0.2) is 62.1 Å². The van der Waals surface area contributed by atoms with E-state index in [0.29, 0.717) is 19.0 Å². The number of nitrogens with zero attached hydrogens (tertiary/aromatic N) is 2. The Balaban J connectivity index is 1.85. The summed E-state index contributed by atoms with van der Waals surface area (Å²) in [6, 6.07) is -0.109. The summed E-state index contributed by atoms with van der Waals surface area (Å²) >= 11 is 0. The van der Waals surface area contributed by atoms with Gasteiger partial charge in [0, 0.05) is 32.2 Å². The highest BCUT2D eigenvalue weighted by atomic mass is 32.2. The quantitative estimate of drug-likeness (QED) is 0.822. The molecule has 0 aromatic rings. The summed E-state index contributed by atoms with van der Waals surface area (Å²) < 4.78 is 24.6. The molecule has 2 amide bonds. The van der Waals surface area contributed by atoms with Gasteiger partial charge in [-0.05, 0) is 31.6 Å². The first-order chi connectivity index (χ1) is 9.36. The molecular weight excluding hydrogens is 278 g/mol. The van der Waals surface area contributed by atoms with Crippen LogP contribution in [0.25, 0.3) is 0 Å². The highest BCUT2D eigenvalue weighted by Gasteiger charge is 2.28. The first-order valence-corrected chi connectivity index (χ1v) is 9.21. The van der Waals surface area contributed by atoms with Crippen LogP contribution in [0, 0.1) is 5.92 Å². The van der Waals surface area contributed by atoms with E-state index < -0.39 is 10.0 Å². The van der Waals surface area contributed by atoms with Crippen molar-refractivity contribution in [1.29, 1.82) is 0 Å². The van der Waals surface area contributed by atoms with Gasteiger partial charge in [0.15, 0.2) is 0 Å². The molecule has 0 bridgehead atoms. The summed E-state index contributed by atoms with van der Waals surface area (Å²) in [6.45, 7) is 4.77. The summed E-state index contributed by atoms with van der Waals surface area (Å²) in [5.74, 6) is 0.689. The second-order valence-electron chi connectivity index (χ2n) is 6.08. The maximum Gasteiger partial charge on any atom is 0.317 e. The Morgan fingerprint density at radius 3 is 2.40 bits per heavy atom. The zero-order chi connectivity index (χ0) is 14.8. The van der Waals surface area contributed by atoms with Crippen LogP contribution in [0.1, 0.15) is 32.6 Å². The van der Waals surface area contributed by atoms with Gasteiger partial charge >= 0.3 is 6.03 Å². The fourth-order valence-corrected chi connectivity index (χ4v) is 3.75. The van der Waals surface area contributed by atoms with E-state index in [0.717, 1.165) is 38.8 Å². The van der Waals surface area contributed by atoms with Crippen molar-refractivity contribution in [2.75, 3.05) is 32.4 Å². The first-order valence-electron chi connectivity index (χ1n) is 7.37. The predicted octanol–water partition coefficient (Wildman–Crippen LogP) is 0.852. The maximum absolute atomic E-state index is 12.2. The number of likely N-dealkylation sites (tertiary alicyclic amines) is 1. The first kappa shape index (κ1) is 15.6. The van der Waals surface area contributed by atoms with Crippen LogP contribution in [0.5, 0.6) is 0 Å². The van der Waals surface area contributed by atoms with Crippen molar-refractivity contribution in [3.05, 3.63) is 0 Å². The Morgan fingerprint density at radius 2 is 1.80 bits per heavy atom. The number of rotatable bonds is 2. The van der Waals surface area contributed by atoms with Crippen molar-refractivity contribution in [2.45, 2.75) is 38.6 Å². The van der Waals surface area contributed by atoms with Gasteiger partial charge in [0.25, 0.3) is 0 Å². The zero-order valence-corrected chi connectivity index (χ0v) is 13.2. The van der Waals surface area contributed by atoms with Crippen LogP contribution in [-0.2, 0) is 10.0 Å². The molecule has 2 rings (SSSR count). The van der Waals surface area contributed by atoms with Crippen molar-refractivity contribution < 1.29 is 13.2 Å². The predicted molar refractivity (Wildman–Crippen MR) is 77.9 cm³/mol. The van der Waals surface area contributed by atoms with E-state index in [1.54, 1.807) is 0 Å². The average Bonchev–Trinajstić information content (AvgIpc) is 2.38. The second-order valence-corrected chi connectivity index (χ2v) is 8.06. The lowest BCUT2D eigenvalue weighted by Crippen LogP contribution is -2.53. The van der Waals surface area contributed by atoms with E-state index in [2.05, 4.69) is 12.2 Å². The van der Waals surface area contributed by atoms with Gasteiger partial charge in [-0.3, -0.25) is 0 Å². The lowest BCUT2D eigenvalue weighted by atomic mass is 9.99. The lowest BCUT2D eigenvalue weighted by Gasteiger charge is -2.35. The van der Waals surface area contributed by atoms with Crippen molar-refractivity contribution in [1.82, 2.24) is 14.5 Å². The normalized spacial score (nSPS) is 26.5. The molecule has 1 atom stereocenters. The molecule has 0 radical (unpaired) electrons. The van der Waals surface area contributed by atoms with E-state index in [1.807, 2.05) is 4.90 Å². The van der Waals surface area contributed by atoms with Gasteiger partial charge in [0.05, 0.1) is 6.26 Å². The van der Waals surface area contributed by atoms with Gasteiger partial charge in [0.2, 0.25) is 10.0 Å². The Hall–Kier alpha value is -0.820. The molecular formula is C13H25N3O3S. The summed E-state index contributed by atoms with van der Waals surface area (Å²) in [5.41, 5.74) is 0. The van der Waals surface area contributed by atoms with Crippen molar-refractivity contribution in [2.24, 2.45) is 5.92 Å². The number of urea groups is 1. The third-order valence-corrected chi connectivity index (χ3v) is 5.52. The number of carbonyl (C=O) groups is 1. The van der Waals surface area contributed by atoms with Crippen LogP contribution in [0.15, 0.2) is 0 Å². The molecule has 2 saturated heterocycles. The highest BCUT2D eigenvalue weighted by molar-refractivity contribution is 7.88. The number of hydrogen-bond donors (Lipinski definition) is 1. The largest absolute Gasteiger partial charge is 0.334 e. The number of piperidine rings is 2. The fraction of sp³-hybridized carbons (Fsp3) is 0.923. The number of hydrogen-bond acceptors (Lipinski definition) is 3. The number of nitrogens with one attached hydrogen (secondary N) is 1. The van der Waals surface area contributed by atoms with Gasteiger partial charge in [-0.2, -0.15) is 0 Å². The zero-order valence-electron chi connectivity index (χ0n) is 12.3. The molecule has 6 nitrogen and oxygen atoms in total. The van der Waals surface area contributed by atoms with Crippen LogP contribution >= 0.6 is 0 Å². The molecule has 0 saturated carbocycles. The summed E-state index contributed by atoms with van der Waals surface area (Å²) in [7, 11) is -3.16. The molecule has 0 spiro atoms. The van der Waals surface area contributed by atoms with Crippen molar-refractivity contribution in [3.8, 4) is 0 Å². The molecule has 0 aromatic heterocycles. The lowest BCUT2D eigenvalue weighted by molar-refractivity contribution is 0.165. The van der Waals surface area contributed by atoms with Crippen LogP contribution in [0.3, 0.4) is 0 Å². The molecule has 2 aliphatic rings. The van der Waals surface area contributed by atoms with Gasteiger partial charge in [-0.25, -0.2) is 17.5 Å². The molecule has 20 heavy (non-hydrogen) atoms. The van der Waals surface area contributed by atoms with Gasteiger partial charge < -0.3 is 10.2 Å². The Bertz CT molecular complexity index is 444. The standard InChI is InChI=1S/C13H25N3O3S/c1-11-5-8-15(9-6-11)13(17)14-12-4-3-7-16(10-12)20(2,18)19/h11-12H,3-10H2,1-2H3,(H,14,17). The molecule has 116 valence electrons. The monoisotopic (exact) mass is 303 g/mol. The number of amides is 2. The number of sulfonamides is 1. The Labute approximate surface area is 121 Å². The summed E-state index contributed by atoms with van der Waals surface area (Å²) in [5, 5.41) is 2.99. The SMILES string of the molecule is CC1CCN(C(=O)NC2CCCN(S(C)(=O)=O)C2)CC1. The molecule has 1 unspecified atom stereocenters. The van der Waals surface area contributed by atoms with Gasteiger partial charge in [-0.1, -0.05) is 6.92 Å². The molecule has 0 aromatic carbocycles. The van der Waals surface area contributed by atoms with Crippen LogP contribution in [0.4, 0.5) is 4.79 Å². The topological polar surface area (TPSA) is 69.7 Å². The van der Waals surface area contributed by atoms with E-state index >= 15 is 0 Å². The maximum atomic E-state index is 12.2. The molecule has 0 aliphatic carbocycles. The van der Waals surface area contributed by atoms with Crippen LogP contribution < -0.4 is 5.32 Å². The van der Waals surface area contributed by atoms with Crippen molar-refractivity contribution in [3.63, 3.8) is 0 Å². The average molecular weight is 303 g/mol. The summed E-state index contributed by atoms with van der Waals surface area (Å²) in [4.78, 5) is 14.0. The Morgan fingerprint density at radius 1 is 1.15 bits per heavy atom. The van der Waals surface area contributed by atoms with Crippen molar-refractivity contribution >= 4 is 16.1 Å². The smallest absolute Gasteiger partial charge is 0.317 e. The molecule has 2 aliphatic heterocycles.